The largest absolute Gasteiger partial charge is 0.350 e. The molecule has 3 aromatic rings. The molecule has 0 bridgehead atoms. The Morgan fingerprint density at radius 3 is 2.90 bits per heavy atom. The van der Waals surface area contributed by atoms with Crippen LogP contribution < -0.4 is 10.2 Å². The average Bonchev–Trinajstić information content (AvgIpc) is 2.89. The van der Waals surface area contributed by atoms with Gasteiger partial charge in [0, 0.05) is 23.6 Å². The normalized spacial score (nSPS) is 15.9. The maximum atomic E-state index is 4.71. The van der Waals surface area contributed by atoms with E-state index in [1.165, 1.54) is 0 Å². The number of nitrogens with one attached hydrogen (secondary N) is 1. The Labute approximate surface area is 129 Å². The molecule has 1 saturated heterocycles. The third-order valence-corrected chi connectivity index (χ3v) is 4.72. The van der Waals surface area contributed by atoms with Crippen LogP contribution in [0.25, 0.3) is 16.8 Å². The molecule has 8 heteroatoms. The molecule has 4 rings (SSSR count). The van der Waals surface area contributed by atoms with Crippen LogP contribution in [0.5, 0.6) is 0 Å². The first-order chi connectivity index (χ1) is 10.2. The molecule has 0 aliphatic carbocycles. The molecule has 7 nitrogen and oxygen atoms in total. The van der Waals surface area contributed by atoms with Crippen LogP contribution >= 0.6 is 15.9 Å². The highest BCUT2D eigenvalue weighted by molar-refractivity contribution is 9.10. The molecule has 1 aliphatic rings. The van der Waals surface area contributed by atoms with Crippen molar-refractivity contribution in [1.82, 2.24) is 29.9 Å². The lowest BCUT2D eigenvalue weighted by Gasteiger charge is -2.39. The number of nitrogens with zero attached hydrogens (tertiary/aromatic N) is 6. The minimum Gasteiger partial charge on any atom is -0.350 e. The van der Waals surface area contributed by atoms with Gasteiger partial charge in [-0.1, -0.05) is 0 Å². The minimum absolute atomic E-state index is 0.505. The Balaban J connectivity index is 1.93. The summed E-state index contributed by atoms with van der Waals surface area (Å²) in [5.41, 5.74) is 3.31. The molecule has 21 heavy (non-hydrogen) atoms. The van der Waals surface area contributed by atoms with Crippen molar-refractivity contribution in [1.29, 1.82) is 0 Å². The van der Waals surface area contributed by atoms with Crippen LogP contribution in [-0.4, -0.2) is 50.7 Å². The lowest BCUT2D eigenvalue weighted by molar-refractivity contribution is 0.448. The third-order valence-electron chi connectivity index (χ3n) is 3.92. The molecule has 3 aromatic heterocycles. The van der Waals surface area contributed by atoms with E-state index in [2.05, 4.69) is 41.3 Å². The van der Waals surface area contributed by atoms with Crippen molar-refractivity contribution in [2.75, 3.05) is 25.0 Å². The van der Waals surface area contributed by atoms with Gasteiger partial charge in [0.25, 0.3) is 0 Å². The predicted molar refractivity (Wildman–Crippen MR) is 83.6 cm³/mol. The van der Waals surface area contributed by atoms with Gasteiger partial charge in [0.05, 0.1) is 11.2 Å². The van der Waals surface area contributed by atoms with Gasteiger partial charge in [0.15, 0.2) is 11.5 Å². The summed E-state index contributed by atoms with van der Waals surface area (Å²) in [7, 11) is 1.98. The highest BCUT2D eigenvalue weighted by atomic mass is 79.9. The lowest BCUT2D eigenvalue weighted by atomic mass is 10.1. The van der Waals surface area contributed by atoms with Gasteiger partial charge < -0.3 is 10.2 Å². The molecular weight excluding hydrogens is 334 g/mol. The third kappa shape index (κ3) is 1.90. The number of anilines is 1. The highest BCUT2D eigenvalue weighted by Gasteiger charge is 2.29. The Kier molecular flexibility index (Phi) is 2.83. The molecule has 108 valence electrons. The zero-order chi connectivity index (χ0) is 14.6. The molecule has 1 fully saturated rings. The number of hydrogen-bond acceptors (Lipinski definition) is 6. The quantitative estimate of drug-likeness (QED) is 0.749. The first kappa shape index (κ1) is 12.9. The van der Waals surface area contributed by atoms with Gasteiger partial charge in [0.2, 0.25) is 5.65 Å². The number of pyridine rings is 1. The SMILES string of the molecule is CNC1CN(c2nc3nc(C)c(Br)cc3n3cnnc23)C1. The number of likely N-dealkylation sites (N-methyl/N-ethyl adjacent to an activating group) is 1. The molecule has 0 amide bonds. The van der Waals surface area contributed by atoms with Crippen molar-refractivity contribution in [3.8, 4) is 0 Å². The van der Waals surface area contributed by atoms with E-state index in [4.69, 9.17) is 4.98 Å². The Bertz CT molecular complexity index is 837. The molecule has 0 saturated carbocycles. The molecule has 1 aliphatic heterocycles. The Morgan fingerprint density at radius 2 is 2.14 bits per heavy atom. The lowest BCUT2D eigenvalue weighted by Crippen LogP contribution is -2.57. The van der Waals surface area contributed by atoms with Gasteiger partial charge in [-0.2, -0.15) is 0 Å². The molecule has 4 heterocycles. The summed E-state index contributed by atoms with van der Waals surface area (Å²) in [5, 5.41) is 11.5. The maximum Gasteiger partial charge on any atom is 0.204 e. The fraction of sp³-hybridized carbons (Fsp3) is 0.385. The highest BCUT2D eigenvalue weighted by Crippen LogP contribution is 2.27. The van der Waals surface area contributed by atoms with Crippen molar-refractivity contribution < 1.29 is 0 Å². The maximum absolute atomic E-state index is 4.71. The van der Waals surface area contributed by atoms with Crippen molar-refractivity contribution >= 4 is 38.6 Å². The summed E-state index contributed by atoms with van der Waals surface area (Å²) < 4.78 is 2.90. The first-order valence-electron chi connectivity index (χ1n) is 6.76. The summed E-state index contributed by atoms with van der Waals surface area (Å²) in [6, 6.07) is 2.52. The molecular formula is C13H14BrN7. The van der Waals surface area contributed by atoms with Gasteiger partial charge in [-0.05, 0) is 36.0 Å². The van der Waals surface area contributed by atoms with Crippen LogP contribution in [0.2, 0.25) is 0 Å². The number of aromatic nitrogens is 5. The van der Waals surface area contributed by atoms with Crippen molar-refractivity contribution in [3.63, 3.8) is 0 Å². The van der Waals surface area contributed by atoms with Gasteiger partial charge in [-0.25, -0.2) is 9.97 Å². The fourth-order valence-corrected chi connectivity index (χ4v) is 2.88. The van der Waals surface area contributed by atoms with E-state index in [0.29, 0.717) is 11.7 Å². The second-order valence-electron chi connectivity index (χ2n) is 5.25. The molecule has 1 N–H and O–H groups in total. The smallest absolute Gasteiger partial charge is 0.204 e. The number of aryl methyl sites for hydroxylation is 1. The molecule has 0 atom stereocenters. The van der Waals surface area contributed by atoms with Crippen molar-refractivity contribution in [2.45, 2.75) is 13.0 Å². The monoisotopic (exact) mass is 347 g/mol. The standard InChI is InChI=1S/C13H14BrN7/c1-7-9(14)3-10-11(17-7)18-12(13-19-16-6-21(10)13)20-4-8(5-20)15-2/h3,6,8,15H,4-5H2,1-2H3. The summed E-state index contributed by atoms with van der Waals surface area (Å²) >= 11 is 3.52. The summed E-state index contributed by atoms with van der Waals surface area (Å²) in [6.07, 6.45) is 1.71. The second kappa shape index (κ2) is 4.60. The van der Waals surface area contributed by atoms with E-state index in [1.54, 1.807) is 6.33 Å². The zero-order valence-electron chi connectivity index (χ0n) is 11.7. The van der Waals surface area contributed by atoms with Crippen LogP contribution in [0, 0.1) is 6.92 Å². The van der Waals surface area contributed by atoms with Crippen molar-refractivity contribution in [3.05, 3.63) is 22.6 Å². The molecule has 0 spiro atoms. The number of rotatable bonds is 2. The first-order valence-corrected chi connectivity index (χ1v) is 7.55. The number of halogens is 1. The zero-order valence-corrected chi connectivity index (χ0v) is 13.3. The fourth-order valence-electron chi connectivity index (χ4n) is 2.58. The Hall–Kier alpha value is -1.80. The molecule has 0 unspecified atom stereocenters. The van der Waals surface area contributed by atoms with E-state index < -0.39 is 0 Å². The van der Waals surface area contributed by atoms with Crippen LogP contribution in [0.15, 0.2) is 16.9 Å². The topological polar surface area (TPSA) is 71.2 Å². The van der Waals surface area contributed by atoms with Crippen molar-refractivity contribution in [2.24, 2.45) is 0 Å². The molecule has 0 aromatic carbocycles. The van der Waals surface area contributed by atoms with E-state index in [1.807, 2.05) is 24.4 Å². The van der Waals surface area contributed by atoms with E-state index in [9.17, 15) is 0 Å². The second-order valence-corrected chi connectivity index (χ2v) is 6.10. The predicted octanol–water partition coefficient (Wildman–Crippen LogP) is 1.15. The van der Waals surface area contributed by atoms with Crippen LogP contribution in [-0.2, 0) is 0 Å². The number of hydrogen-bond donors (Lipinski definition) is 1. The van der Waals surface area contributed by atoms with Gasteiger partial charge >= 0.3 is 0 Å². The Morgan fingerprint density at radius 1 is 1.33 bits per heavy atom. The summed E-state index contributed by atoms with van der Waals surface area (Å²) in [4.78, 5) is 11.5. The molecule has 0 radical (unpaired) electrons. The summed E-state index contributed by atoms with van der Waals surface area (Å²) in [5.74, 6) is 0.848. The van der Waals surface area contributed by atoms with Gasteiger partial charge in [0.1, 0.15) is 6.33 Å². The van der Waals surface area contributed by atoms with Crippen LogP contribution in [0.1, 0.15) is 5.69 Å². The van der Waals surface area contributed by atoms with E-state index >= 15 is 0 Å². The van der Waals surface area contributed by atoms with Crippen LogP contribution in [0.4, 0.5) is 5.82 Å². The van der Waals surface area contributed by atoms with Crippen LogP contribution in [0.3, 0.4) is 0 Å². The van der Waals surface area contributed by atoms with E-state index in [-0.39, 0.29) is 0 Å². The number of fused-ring (bicyclic) bond motifs is 3. The average molecular weight is 348 g/mol. The van der Waals surface area contributed by atoms with Gasteiger partial charge in [-0.15, -0.1) is 10.2 Å². The summed E-state index contributed by atoms with van der Waals surface area (Å²) in [6.45, 7) is 3.81. The van der Waals surface area contributed by atoms with E-state index in [0.717, 1.165) is 40.2 Å². The van der Waals surface area contributed by atoms with Gasteiger partial charge in [-0.3, -0.25) is 4.40 Å². The minimum atomic E-state index is 0.505.